The van der Waals surface area contributed by atoms with Crippen LogP contribution in [-0.4, -0.2) is 95.6 Å². The molecule has 9 rings (SSSR count). The van der Waals surface area contributed by atoms with E-state index in [1.54, 1.807) is 19.1 Å². The number of amides is 1. The summed E-state index contributed by atoms with van der Waals surface area (Å²) < 4.78 is 53.1. The lowest BCUT2D eigenvalue weighted by molar-refractivity contribution is -0.132. The van der Waals surface area contributed by atoms with Gasteiger partial charge in [-0.15, -0.1) is 0 Å². The molecule has 2 N–H and O–H groups in total. The first kappa shape index (κ1) is 33.2. The lowest BCUT2D eigenvalue weighted by atomic mass is 10.1. The van der Waals surface area contributed by atoms with E-state index in [1.165, 1.54) is 29.1 Å². The van der Waals surface area contributed by atoms with E-state index < -0.39 is 35.2 Å². The zero-order valence-electron chi connectivity index (χ0n) is 29.1. The van der Waals surface area contributed by atoms with Crippen molar-refractivity contribution in [3.63, 3.8) is 0 Å². The van der Waals surface area contributed by atoms with Crippen molar-refractivity contribution in [2.24, 2.45) is 0 Å². The van der Waals surface area contributed by atoms with Crippen molar-refractivity contribution in [3.05, 3.63) is 83.8 Å². The molecule has 4 aromatic heterocycles. The van der Waals surface area contributed by atoms with Crippen LogP contribution in [0, 0.1) is 24.4 Å². The van der Waals surface area contributed by atoms with Crippen molar-refractivity contribution in [2.75, 3.05) is 37.5 Å². The molecular formula is C37H35F3N10O3. The molecule has 53 heavy (non-hydrogen) atoms. The fraction of sp³-hybridized carbons (Fsp3) is 0.351. The van der Waals surface area contributed by atoms with Gasteiger partial charge in [-0.2, -0.15) is 5.10 Å². The third-order valence-electron chi connectivity index (χ3n) is 10.5. The predicted octanol–water partition coefficient (Wildman–Crippen LogP) is 4.48. The normalized spacial score (nSPS) is 21.2. The molecule has 6 heterocycles. The van der Waals surface area contributed by atoms with Crippen molar-refractivity contribution in [3.8, 4) is 16.9 Å². The SMILES string of the molecule is CO[C@H]1CN(C)C(=O)[C@@H]2C[C@@H](CN2c2nc(C3(O)CC3)nc3c2cnn3-c2ccc(F)cc2F)Nc2cccc(n2)-c2cc(F)cc3nc(C)n(c23)C1. The molecule has 6 aromatic rings. The average Bonchev–Trinajstić information content (AvgIpc) is 3.41. The first-order valence-corrected chi connectivity index (χ1v) is 17.4. The molecule has 1 saturated heterocycles. The Kier molecular flexibility index (Phi) is 7.67. The van der Waals surface area contributed by atoms with Gasteiger partial charge in [0.15, 0.2) is 17.3 Å². The molecule has 3 aliphatic rings. The molecule has 272 valence electrons. The molecule has 0 spiro atoms. The van der Waals surface area contributed by atoms with Gasteiger partial charge < -0.3 is 29.5 Å². The molecule has 0 radical (unpaired) electrons. The molecule has 2 fully saturated rings. The third-order valence-corrected chi connectivity index (χ3v) is 10.5. The van der Waals surface area contributed by atoms with Gasteiger partial charge in [0.25, 0.3) is 0 Å². The Morgan fingerprint density at radius 2 is 1.81 bits per heavy atom. The van der Waals surface area contributed by atoms with Crippen LogP contribution in [0.5, 0.6) is 0 Å². The topological polar surface area (TPSA) is 139 Å². The minimum atomic E-state index is -1.29. The van der Waals surface area contributed by atoms with Gasteiger partial charge in [0.2, 0.25) is 5.91 Å². The summed E-state index contributed by atoms with van der Waals surface area (Å²) in [7, 11) is 3.31. The summed E-state index contributed by atoms with van der Waals surface area (Å²) in [6.45, 7) is 2.70. The zero-order valence-corrected chi connectivity index (χ0v) is 29.1. The van der Waals surface area contributed by atoms with Crippen LogP contribution in [0.1, 0.15) is 30.9 Å². The van der Waals surface area contributed by atoms with Crippen LogP contribution in [0.15, 0.2) is 54.7 Å². The van der Waals surface area contributed by atoms with Crippen LogP contribution in [0.25, 0.3) is 39.0 Å². The quantitative estimate of drug-likeness (QED) is 0.268. The number of aliphatic hydroxyl groups is 1. The number of anilines is 2. The highest BCUT2D eigenvalue weighted by atomic mass is 19.1. The van der Waals surface area contributed by atoms with Gasteiger partial charge in [-0.25, -0.2) is 37.8 Å². The second-order valence-electron chi connectivity index (χ2n) is 14.1. The molecule has 1 aliphatic carbocycles. The van der Waals surface area contributed by atoms with Crippen LogP contribution >= 0.6 is 0 Å². The molecule has 4 bridgehead atoms. The maximum Gasteiger partial charge on any atom is 0.245 e. The summed E-state index contributed by atoms with van der Waals surface area (Å²) in [6, 6.07) is 10.5. The number of rotatable bonds is 4. The van der Waals surface area contributed by atoms with E-state index in [9.17, 15) is 14.3 Å². The maximum absolute atomic E-state index is 15.1. The second kappa shape index (κ2) is 12.2. The number of carbonyl (C=O) groups is 1. The van der Waals surface area contributed by atoms with Gasteiger partial charge in [0.1, 0.15) is 46.4 Å². The molecular weight excluding hydrogens is 689 g/mol. The lowest BCUT2D eigenvalue weighted by Crippen LogP contribution is -2.47. The van der Waals surface area contributed by atoms with Gasteiger partial charge in [0.05, 0.1) is 41.0 Å². The van der Waals surface area contributed by atoms with Crippen LogP contribution in [0.3, 0.4) is 0 Å². The highest BCUT2D eigenvalue weighted by Gasteiger charge is 2.47. The van der Waals surface area contributed by atoms with Crippen molar-refractivity contribution >= 4 is 39.6 Å². The standard InChI is InChI=1S/C37H35F3N10O3/c1-19-42-28-13-21(39)11-24-27-5-4-6-31(44-27)43-22-14-30(35(51)47(2)17-23(53-3)18-48(19)32(24)28)49(16-22)33-25-15-41-50(29-8-7-20(38)12-26(29)40)34(25)46-36(45-33)37(52)9-10-37/h4-8,11-13,15,22-23,30,52H,9-10,14,16-18H2,1-3H3,(H,43,44)/t22-,23-,30-/m0/s1. The molecule has 2 aromatic carbocycles. The number of nitrogens with one attached hydrogen (secondary N) is 1. The first-order valence-electron chi connectivity index (χ1n) is 17.4. The maximum atomic E-state index is 15.1. The summed E-state index contributed by atoms with van der Waals surface area (Å²) in [5, 5.41) is 19.6. The van der Waals surface area contributed by atoms with Crippen LogP contribution in [0.4, 0.5) is 24.8 Å². The number of hydrogen-bond acceptors (Lipinski definition) is 10. The Labute approximate surface area is 301 Å². The second-order valence-corrected chi connectivity index (χ2v) is 14.1. The average molecular weight is 725 g/mol. The Balaban J connectivity index is 1.18. The van der Waals surface area contributed by atoms with Gasteiger partial charge in [0, 0.05) is 51.0 Å². The number of pyridine rings is 1. The molecule has 2 aliphatic heterocycles. The Hall–Kier alpha value is -5.61. The van der Waals surface area contributed by atoms with E-state index in [1.807, 2.05) is 34.6 Å². The molecule has 1 amide bonds. The molecule has 13 nitrogen and oxygen atoms in total. The van der Waals surface area contributed by atoms with Crippen molar-refractivity contribution in [1.82, 2.24) is 39.2 Å². The molecule has 16 heteroatoms. The summed E-state index contributed by atoms with van der Waals surface area (Å²) in [4.78, 5) is 37.1. The lowest BCUT2D eigenvalue weighted by Gasteiger charge is -2.31. The number of methoxy groups -OCH3 is 1. The fourth-order valence-corrected chi connectivity index (χ4v) is 7.60. The number of fused-ring (bicyclic) bond motifs is 6. The molecule has 3 atom stereocenters. The van der Waals surface area contributed by atoms with E-state index >= 15 is 8.78 Å². The summed E-state index contributed by atoms with van der Waals surface area (Å²) in [5.41, 5.74) is 1.22. The van der Waals surface area contributed by atoms with Crippen LogP contribution in [0.2, 0.25) is 0 Å². The van der Waals surface area contributed by atoms with E-state index in [-0.39, 0.29) is 35.7 Å². The zero-order chi connectivity index (χ0) is 36.8. The van der Waals surface area contributed by atoms with Crippen molar-refractivity contribution < 1.29 is 27.8 Å². The van der Waals surface area contributed by atoms with Crippen molar-refractivity contribution in [1.29, 1.82) is 0 Å². The smallest absolute Gasteiger partial charge is 0.245 e. The summed E-state index contributed by atoms with van der Waals surface area (Å²) in [5.74, 6) is -0.541. The number of aryl methyl sites for hydroxylation is 1. The van der Waals surface area contributed by atoms with Gasteiger partial charge in [-0.3, -0.25) is 4.79 Å². The number of ether oxygens (including phenoxy) is 1. The number of likely N-dealkylation sites (N-methyl/N-ethyl adjacent to an activating group) is 1. The number of hydrogen-bond donors (Lipinski definition) is 2. The number of benzene rings is 2. The predicted molar refractivity (Wildman–Crippen MR) is 189 cm³/mol. The highest BCUT2D eigenvalue weighted by molar-refractivity contribution is 5.94. The van der Waals surface area contributed by atoms with Crippen LogP contribution in [-0.2, 0) is 21.7 Å². The highest BCUT2D eigenvalue weighted by Crippen LogP contribution is 2.45. The minimum absolute atomic E-state index is 0.0297. The van der Waals surface area contributed by atoms with E-state index in [0.717, 1.165) is 12.1 Å². The summed E-state index contributed by atoms with van der Waals surface area (Å²) in [6.07, 6.45) is 2.25. The Morgan fingerprint density at radius 3 is 2.58 bits per heavy atom. The molecule has 0 unspecified atom stereocenters. The number of aromatic nitrogens is 7. The number of nitrogens with zero attached hydrogens (tertiary/aromatic N) is 9. The van der Waals surface area contributed by atoms with E-state index in [0.29, 0.717) is 77.5 Å². The fourth-order valence-electron chi connectivity index (χ4n) is 7.60. The van der Waals surface area contributed by atoms with Gasteiger partial charge >= 0.3 is 0 Å². The number of halogens is 3. The monoisotopic (exact) mass is 724 g/mol. The first-order chi connectivity index (χ1) is 25.5. The number of carbonyl (C=O) groups excluding carboxylic acids is 1. The van der Waals surface area contributed by atoms with E-state index in [2.05, 4.69) is 20.4 Å². The largest absolute Gasteiger partial charge is 0.382 e. The van der Waals surface area contributed by atoms with Gasteiger partial charge in [-0.05, 0) is 56.5 Å². The number of imidazole rings is 1. The third kappa shape index (κ3) is 5.63. The molecule has 1 saturated carbocycles. The van der Waals surface area contributed by atoms with Gasteiger partial charge in [-0.1, -0.05) is 6.07 Å². The van der Waals surface area contributed by atoms with Crippen molar-refractivity contribution in [2.45, 2.75) is 56.5 Å². The Bertz CT molecular complexity index is 2450. The Morgan fingerprint density at radius 1 is 0.981 bits per heavy atom. The van der Waals surface area contributed by atoms with E-state index in [4.69, 9.17) is 14.7 Å². The summed E-state index contributed by atoms with van der Waals surface area (Å²) >= 11 is 0. The van der Waals surface area contributed by atoms with Crippen LogP contribution < -0.4 is 10.2 Å². The minimum Gasteiger partial charge on any atom is -0.382 e.